The van der Waals surface area contributed by atoms with Gasteiger partial charge >= 0.3 is 0 Å². The summed E-state index contributed by atoms with van der Waals surface area (Å²) < 4.78 is 10.4. The van der Waals surface area contributed by atoms with Crippen molar-refractivity contribution in [3.8, 4) is 0 Å². The molecule has 2 fully saturated rings. The number of fused-ring (bicyclic) bond motifs is 1. The lowest BCUT2D eigenvalue weighted by atomic mass is 10.1. The van der Waals surface area contributed by atoms with Gasteiger partial charge in [0.15, 0.2) is 0 Å². The minimum Gasteiger partial charge on any atom is -0.388 e. The average Bonchev–Trinajstić information content (AvgIpc) is 2.53. The first-order valence-corrected chi connectivity index (χ1v) is 3.59. The monoisotopic (exact) mass is 161 g/mol. The quantitative estimate of drug-likeness (QED) is 0.453. The number of rotatable bonds is 1. The predicted octanol–water partition coefficient (Wildman–Crippen LogP) is -1.60. The summed E-state index contributed by atoms with van der Waals surface area (Å²) in [5, 5.41) is 9.27. The summed E-state index contributed by atoms with van der Waals surface area (Å²) in [6, 6.07) is 0. The van der Waals surface area contributed by atoms with E-state index < -0.39 is 6.10 Å². The van der Waals surface area contributed by atoms with E-state index in [1.807, 2.05) is 0 Å². The van der Waals surface area contributed by atoms with Crippen LogP contribution in [0.1, 0.15) is 0 Å². The fourth-order valence-electron chi connectivity index (χ4n) is 1.56. The lowest BCUT2D eigenvalue weighted by Crippen LogP contribution is -2.34. The number of aliphatic hydroxyl groups excluding tert-OH is 1. The van der Waals surface area contributed by atoms with Crippen LogP contribution in [0.3, 0.4) is 0 Å². The number of ether oxygens (including phenoxy) is 2. The van der Waals surface area contributed by atoms with Crippen LogP contribution in [0.5, 0.6) is 0 Å². The van der Waals surface area contributed by atoms with Crippen molar-refractivity contribution in [2.24, 2.45) is 5.90 Å². The topological polar surface area (TPSA) is 73.9 Å². The summed E-state index contributed by atoms with van der Waals surface area (Å²) in [6.45, 7) is 0.720. The zero-order valence-electron chi connectivity index (χ0n) is 5.97. The van der Waals surface area contributed by atoms with Crippen LogP contribution < -0.4 is 5.90 Å². The highest BCUT2D eigenvalue weighted by molar-refractivity contribution is 4.94. The third-order valence-electron chi connectivity index (χ3n) is 2.16. The summed E-state index contributed by atoms with van der Waals surface area (Å²) >= 11 is 0. The van der Waals surface area contributed by atoms with Gasteiger partial charge in [0.1, 0.15) is 24.4 Å². The minimum absolute atomic E-state index is 0.185. The summed E-state index contributed by atoms with van der Waals surface area (Å²) in [5.74, 6) is 4.99. The van der Waals surface area contributed by atoms with Crippen molar-refractivity contribution in [2.75, 3.05) is 13.2 Å². The highest BCUT2D eigenvalue weighted by atomic mass is 16.7. The smallest absolute Gasteiger partial charge is 0.131 e. The van der Waals surface area contributed by atoms with Gasteiger partial charge in [-0.05, 0) is 0 Å². The molecule has 5 nitrogen and oxygen atoms in total. The molecule has 0 amide bonds. The zero-order valence-corrected chi connectivity index (χ0v) is 5.97. The second-order valence-electron chi connectivity index (χ2n) is 2.84. The molecule has 64 valence electrons. The third kappa shape index (κ3) is 1.05. The molecule has 5 heteroatoms. The van der Waals surface area contributed by atoms with Crippen LogP contribution in [-0.4, -0.2) is 42.7 Å². The molecule has 2 saturated heterocycles. The Morgan fingerprint density at radius 1 is 1.27 bits per heavy atom. The van der Waals surface area contributed by atoms with Crippen LogP contribution in [0, 0.1) is 0 Å². The van der Waals surface area contributed by atoms with Crippen LogP contribution in [0.4, 0.5) is 0 Å². The fraction of sp³-hybridized carbons (Fsp3) is 1.00. The van der Waals surface area contributed by atoms with E-state index in [0.717, 1.165) is 0 Å². The van der Waals surface area contributed by atoms with Crippen LogP contribution in [0.2, 0.25) is 0 Å². The molecule has 0 bridgehead atoms. The summed E-state index contributed by atoms with van der Waals surface area (Å²) in [6.07, 6.45) is -1.18. The standard InChI is InChI=1S/C6H11NO4/c7-11-4-2-10-5-3(8)1-9-6(4)5/h3-6,8H,1-2,7H2/t3-,4+,5-,6-/m1/s1. The Morgan fingerprint density at radius 3 is 2.73 bits per heavy atom. The number of aliphatic hydroxyl groups is 1. The second kappa shape index (κ2) is 2.69. The maximum Gasteiger partial charge on any atom is 0.131 e. The Bertz CT molecular complexity index is 154. The maximum absolute atomic E-state index is 9.27. The highest BCUT2D eigenvalue weighted by Gasteiger charge is 2.47. The van der Waals surface area contributed by atoms with Crippen molar-refractivity contribution in [3.05, 3.63) is 0 Å². The number of nitrogens with two attached hydrogens (primary N) is 1. The van der Waals surface area contributed by atoms with E-state index in [4.69, 9.17) is 15.4 Å². The van der Waals surface area contributed by atoms with E-state index in [-0.39, 0.29) is 18.3 Å². The summed E-state index contributed by atoms with van der Waals surface area (Å²) in [5.41, 5.74) is 0. The van der Waals surface area contributed by atoms with Gasteiger partial charge in [0, 0.05) is 0 Å². The van der Waals surface area contributed by atoms with Crippen molar-refractivity contribution < 1.29 is 19.4 Å². The largest absolute Gasteiger partial charge is 0.388 e. The molecule has 0 aromatic rings. The third-order valence-corrected chi connectivity index (χ3v) is 2.16. The lowest BCUT2D eigenvalue weighted by Gasteiger charge is -2.12. The van der Waals surface area contributed by atoms with Crippen molar-refractivity contribution in [3.63, 3.8) is 0 Å². The Hall–Kier alpha value is -0.200. The minimum atomic E-state index is -0.528. The van der Waals surface area contributed by atoms with Crippen molar-refractivity contribution in [1.82, 2.24) is 0 Å². The SMILES string of the molecule is NO[C@H]1CO[C@H]2[C@@H]1OC[C@H]2O. The molecule has 2 rings (SSSR count). The molecule has 0 saturated carbocycles. The van der Waals surface area contributed by atoms with E-state index in [1.165, 1.54) is 0 Å². The molecule has 0 aromatic carbocycles. The summed E-state index contributed by atoms with van der Waals surface area (Å²) in [7, 11) is 0. The van der Waals surface area contributed by atoms with Gasteiger partial charge in [0.05, 0.1) is 13.2 Å². The molecule has 0 aromatic heterocycles. The van der Waals surface area contributed by atoms with Crippen molar-refractivity contribution >= 4 is 0 Å². The Kier molecular flexibility index (Phi) is 1.82. The van der Waals surface area contributed by atoms with Crippen molar-refractivity contribution in [1.29, 1.82) is 0 Å². The van der Waals surface area contributed by atoms with Gasteiger partial charge in [0.2, 0.25) is 0 Å². The Labute approximate surface area is 64.0 Å². The Morgan fingerprint density at radius 2 is 2.00 bits per heavy atom. The maximum atomic E-state index is 9.27. The van der Waals surface area contributed by atoms with Gasteiger partial charge in [-0.25, -0.2) is 5.90 Å². The molecular weight excluding hydrogens is 150 g/mol. The van der Waals surface area contributed by atoms with Gasteiger partial charge in [-0.3, -0.25) is 4.84 Å². The molecule has 0 unspecified atom stereocenters. The van der Waals surface area contributed by atoms with Gasteiger partial charge in [-0.15, -0.1) is 0 Å². The van der Waals surface area contributed by atoms with Crippen LogP contribution in [0.15, 0.2) is 0 Å². The molecule has 2 aliphatic rings. The van der Waals surface area contributed by atoms with Gasteiger partial charge in [0.25, 0.3) is 0 Å². The van der Waals surface area contributed by atoms with E-state index in [1.54, 1.807) is 0 Å². The molecule has 3 N–H and O–H groups in total. The highest BCUT2D eigenvalue weighted by Crippen LogP contribution is 2.27. The van der Waals surface area contributed by atoms with Crippen LogP contribution in [0.25, 0.3) is 0 Å². The van der Waals surface area contributed by atoms with Crippen LogP contribution in [-0.2, 0) is 14.3 Å². The first kappa shape index (κ1) is 7.45. The average molecular weight is 161 g/mol. The molecule has 0 aliphatic carbocycles. The molecular formula is C6H11NO4. The molecule has 11 heavy (non-hydrogen) atoms. The molecule has 4 atom stereocenters. The first-order valence-electron chi connectivity index (χ1n) is 3.59. The number of hydrogen-bond acceptors (Lipinski definition) is 5. The van der Waals surface area contributed by atoms with E-state index >= 15 is 0 Å². The molecule has 2 heterocycles. The normalized spacial score (nSPS) is 49.6. The van der Waals surface area contributed by atoms with E-state index in [2.05, 4.69) is 4.84 Å². The fourth-order valence-corrected chi connectivity index (χ4v) is 1.56. The van der Waals surface area contributed by atoms with E-state index in [9.17, 15) is 5.11 Å². The number of hydrogen-bond donors (Lipinski definition) is 2. The van der Waals surface area contributed by atoms with Crippen LogP contribution >= 0.6 is 0 Å². The van der Waals surface area contributed by atoms with E-state index in [0.29, 0.717) is 13.2 Å². The second-order valence-corrected chi connectivity index (χ2v) is 2.84. The molecule has 2 aliphatic heterocycles. The lowest BCUT2D eigenvalue weighted by molar-refractivity contribution is -0.0381. The molecule has 0 radical (unpaired) electrons. The van der Waals surface area contributed by atoms with Gasteiger partial charge < -0.3 is 14.6 Å². The molecule has 0 spiro atoms. The van der Waals surface area contributed by atoms with Gasteiger partial charge in [-0.2, -0.15) is 0 Å². The Balaban J connectivity index is 2.04. The first-order chi connectivity index (χ1) is 5.33. The predicted molar refractivity (Wildman–Crippen MR) is 34.5 cm³/mol. The van der Waals surface area contributed by atoms with Gasteiger partial charge in [-0.1, -0.05) is 0 Å². The summed E-state index contributed by atoms with van der Waals surface area (Å²) in [4.78, 5) is 4.61. The van der Waals surface area contributed by atoms with Crippen molar-refractivity contribution in [2.45, 2.75) is 24.4 Å². The zero-order chi connectivity index (χ0) is 7.84.